The van der Waals surface area contributed by atoms with Crippen LogP contribution in [0, 0.1) is 35.7 Å². The van der Waals surface area contributed by atoms with Gasteiger partial charge in [-0.15, -0.1) is 7.92 Å². The van der Waals surface area contributed by atoms with Crippen molar-refractivity contribution in [3.63, 3.8) is 0 Å². The van der Waals surface area contributed by atoms with Crippen molar-refractivity contribution in [2.24, 2.45) is 0 Å². The second-order valence-electron chi connectivity index (χ2n) is 6.44. The predicted molar refractivity (Wildman–Crippen MR) is 115 cm³/mol. The zero-order valence-corrected chi connectivity index (χ0v) is 22.7. The molecule has 5 radical (unpaired) electrons. The molecule has 0 aromatic heterocycles. The molecule has 1 aromatic rings. The van der Waals surface area contributed by atoms with E-state index in [-0.39, 0.29) is 26.3 Å². The van der Waals surface area contributed by atoms with Gasteiger partial charge in [0, 0.05) is 0 Å². The van der Waals surface area contributed by atoms with Crippen LogP contribution in [0.2, 0.25) is 0 Å². The van der Waals surface area contributed by atoms with E-state index in [9.17, 15) is 13.2 Å². The Bertz CT molecular complexity index is 545. The van der Waals surface area contributed by atoms with Crippen LogP contribution < -0.4 is 6.15 Å². The summed E-state index contributed by atoms with van der Waals surface area (Å²) in [5, 5.41) is 0. The van der Waals surface area contributed by atoms with E-state index in [2.05, 4.69) is 60.7 Å². The molecule has 2 rings (SSSR count). The minimum absolute atomic E-state index is 0. The second-order valence-corrected chi connectivity index (χ2v) is 10.5. The molecule has 0 unspecified atom stereocenters. The zero-order chi connectivity index (χ0) is 22.7. The average Bonchev–Trinajstić information content (AvgIpc) is 2.73. The molecule has 0 heterocycles. The fourth-order valence-electron chi connectivity index (χ4n) is 1.75. The Balaban J connectivity index is -0.000000154. The zero-order valence-electron chi connectivity index (χ0n) is 18.6. The van der Waals surface area contributed by atoms with Crippen molar-refractivity contribution in [3.05, 3.63) is 66.0 Å². The van der Waals surface area contributed by atoms with Crippen molar-refractivity contribution in [3.8, 4) is 0 Å². The predicted octanol–water partition coefficient (Wildman–Crippen LogP) is 6.03. The van der Waals surface area contributed by atoms with Crippen molar-refractivity contribution in [2.45, 2.75) is 40.1 Å². The van der Waals surface area contributed by atoms with E-state index in [1.165, 1.54) is 29.6 Å². The van der Waals surface area contributed by atoms with E-state index >= 15 is 0 Å². The van der Waals surface area contributed by atoms with Gasteiger partial charge in [-0.3, -0.25) is 0 Å². The van der Waals surface area contributed by atoms with Crippen LogP contribution in [0.1, 0.15) is 34.6 Å². The van der Waals surface area contributed by atoms with Crippen LogP contribution in [-0.2, 0) is 30.2 Å². The van der Waals surface area contributed by atoms with E-state index in [1.807, 2.05) is 30.3 Å². The molecule has 0 atom stereocenters. The van der Waals surface area contributed by atoms with E-state index in [0.29, 0.717) is 7.92 Å². The van der Waals surface area contributed by atoms with Gasteiger partial charge in [-0.1, -0.05) is 34.6 Å². The number of alkyl halides is 3. The molecule has 0 saturated heterocycles. The summed E-state index contributed by atoms with van der Waals surface area (Å²) in [5.74, 6) is 7.34. The van der Waals surface area contributed by atoms with Gasteiger partial charge in [-0.25, -0.2) is 8.42 Å². The molecule has 4 nitrogen and oxygen atoms in total. The van der Waals surface area contributed by atoms with Gasteiger partial charge >= 0.3 is 25.6 Å². The number of benzene rings is 1. The Morgan fingerprint density at radius 1 is 0.800 bits per heavy atom. The molecular weight excluding hydrogens is 614 g/mol. The molecule has 0 spiro atoms. The molecular formula is C20H32F3IrNO3PS+. The van der Waals surface area contributed by atoms with Gasteiger partial charge in [0.2, 0.25) is 0 Å². The quantitative estimate of drug-likeness (QED) is 0.161. The van der Waals surface area contributed by atoms with Crippen LogP contribution in [0.15, 0.2) is 30.3 Å². The largest absolute Gasteiger partial charge is 3.00 e. The molecule has 0 bridgehead atoms. The first kappa shape index (κ1) is 37.3. The summed E-state index contributed by atoms with van der Waals surface area (Å²) in [7, 11) is -5.71. The van der Waals surface area contributed by atoms with E-state index in [1.54, 1.807) is 0 Å². The third kappa shape index (κ3) is 16.6. The van der Waals surface area contributed by atoms with Crippen LogP contribution >= 0.6 is 7.92 Å². The molecule has 1 fully saturated rings. The summed E-state index contributed by atoms with van der Waals surface area (Å²) < 4.78 is 58.9. The maximum atomic E-state index is 10.7. The molecule has 0 aliphatic heterocycles. The summed E-state index contributed by atoms with van der Waals surface area (Å²) >= 11 is 0. The van der Waals surface area contributed by atoms with Crippen molar-refractivity contribution < 1.29 is 46.2 Å². The third-order valence-electron chi connectivity index (χ3n) is 3.70. The minimum Gasteiger partial charge on any atom is -0.741 e. The monoisotopic (exact) mass is 647 g/mol. The van der Waals surface area contributed by atoms with Crippen molar-refractivity contribution >= 4 is 18.0 Å². The third-order valence-corrected chi connectivity index (χ3v) is 4.27. The normalized spacial score (nSPS) is 16.0. The van der Waals surface area contributed by atoms with E-state index in [0.717, 1.165) is 0 Å². The first-order chi connectivity index (χ1) is 12.5. The number of halogens is 3. The first-order valence-corrected chi connectivity index (χ1v) is 12.4. The molecule has 30 heavy (non-hydrogen) atoms. The molecule has 1 aliphatic carbocycles. The van der Waals surface area contributed by atoms with Crippen LogP contribution in [-0.4, -0.2) is 38.5 Å². The van der Waals surface area contributed by atoms with Gasteiger partial charge in [-0.05, 0) is 49.6 Å². The Morgan fingerprint density at radius 2 is 1.00 bits per heavy atom. The smallest absolute Gasteiger partial charge is 0.741 e. The molecule has 10 heteroatoms. The van der Waals surface area contributed by atoms with Crippen LogP contribution in [0.25, 0.3) is 0 Å². The topological polar surface area (TPSA) is 92.2 Å². The summed E-state index contributed by atoms with van der Waals surface area (Å²) in [6.07, 6.45) is 0. The van der Waals surface area contributed by atoms with Gasteiger partial charge in [0.1, 0.15) is 0 Å². The molecule has 1 aromatic carbocycles. The molecule has 1 aliphatic rings. The average molecular weight is 647 g/mol. The molecule has 3 N–H and O–H groups in total. The fourth-order valence-corrected chi connectivity index (χ4v) is 1.75. The van der Waals surface area contributed by atoms with E-state index in [4.69, 9.17) is 13.0 Å². The fraction of sp³-hybridized carbons (Fsp3) is 0.450. The van der Waals surface area contributed by atoms with Crippen molar-refractivity contribution in [2.75, 3.05) is 20.0 Å². The van der Waals surface area contributed by atoms with Crippen molar-refractivity contribution in [1.82, 2.24) is 6.15 Å². The van der Waals surface area contributed by atoms with Gasteiger partial charge in [0.25, 0.3) is 0 Å². The molecule has 175 valence electrons. The van der Waals surface area contributed by atoms with Crippen LogP contribution in [0.4, 0.5) is 13.2 Å². The van der Waals surface area contributed by atoms with Crippen LogP contribution in [0.5, 0.6) is 0 Å². The number of hydrogen-bond acceptors (Lipinski definition) is 4. The Morgan fingerprint density at radius 3 is 1.07 bits per heavy atom. The van der Waals surface area contributed by atoms with Crippen LogP contribution in [0.3, 0.4) is 0 Å². The molecule has 0 amide bonds. The van der Waals surface area contributed by atoms with Crippen molar-refractivity contribution in [1.29, 1.82) is 0 Å². The maximum absolute atomic E-state index is 10.7. The summed E-state index contributed by atoms with van der Waals surface area (Å²) in [5.41, 5.74) is -5.65. The standard InChI is InChI=1S/C10H15.C6H5.C3H9P.CHF3O3S.Ir.H3N/c1-6-7(2)9(4)10(5)8(6)3;1-2-4-6-5-3-1;1-4(2)3;2-1(3,4)8(5,6)7;;/h1-5H3;1-5H;1-3H3;(H,5,6,7);;1H3/q;-1;;;+3;/p-1. The van der Waals surface area contributed by atoms with E-state index < -0.39 is 15.6 Å². The SMILES string of the molecule is CP(C)C.C[C]1[C](C)[C](C)[C](C)[C]1C.N.O=S(=O)([O-])C(F)(F)F.[Ir+3].[c-]1ccccc1. The summed E-state index contributed by atoms with van der Waals surface area (Å²) in [6.45, 7) is 17.7. The summed E-state index contributed by atoms with van der Waals surface area (Å²) in [6, 6.07) is 12.5. The maximum Gasteiger partial charge on any atom is 3.00 e. The molecule has 1 saturated carbocycles. The summed E-state index contributed by atoms with van der Waals surface area (Å²) in [4.78, 5) is 0. The Hall–Kier alpha value is -0.0406. The second kappa shape index (κ2) is 17.5. The minimum atomic E-state index is -6.09. The van der Waals surface area contributed by atoms with Gasteiger partial charge < -0.3 is 10.7 Å². The number of hydrogen-bond donors (Lipinski definition) is 1. The first-order valence-electron chi connectivity index (χ1n) is 8.27. The van der Waals surface area contributed by atoms with Gasteiger partial charge in [-0.2, -0.15) is 49.6 Å². The number of rotatable bonds is 0. The van der Waals surface area contributed by atoms with Gasteiger partial charge in [0.15, 0.2) is 10.1 Å². The Labute approximate surface area is 196 Å². The van der Waals surface area contributed by atoms with Gasteiger partial charge in [0.05, 0.1) is 0 Å². The Kier molecular flexibility index (Phi) is 21.8.